The fraction of sp³-hybridized carbons (Fsp3) is 0.400. The van der Waals surface area contributed by atoms with Gasteiger partial charge < -0.3 is 25.2 Å². The van der Waals surface area contributed by atoms with Crippen molar-refractivity contribution in [1.82, 2.24) is 9.97 Å². The predicted octanol–water partition coefficient (Wildman–Crippen LogP) is 4.69. The summed E-state index contributed by atoms with van der Waals surface area (Å²) in [6.45, 7) is 5.99. The fourth-order valence-electron chi connectivity index (χ4n) is 4.45. The molecule has 234 valence electrons. The average molecular weight is 633 g/mol. The number of ether oxygens (including phenoxy) is 2. The summed E-state index contributed by atoms with van der Waals surface area (Å²) in [5.41, 5.74) is 2.96. The number of methoxy groups -OCH3 is 1. The van der Waals surface area contributed by atoms with Crippen LogP contribution in [0.3, 0.4) is 0 Å². The molecule has 0 saturated heterocycles. The lowest BCUT2D eigenvalue weighted by Crippen LogP contribution is -2.41. The van der Waals surface area contributed by atoms with Crippen LogP contribution in [0.2, 0.25) is 0 Å². The Morgan fingerprint density at radius 2 is 1.53 bits per heavy atom. The van der Waals surface area contributed by atoms with Gasteiger partial charge >= 0.3 is 0 Å². The standard InChI is InChI=1S/C15H20N2O4S.C14H16N2O3S.CH4/c1-15(2,9-18)22(19,20)14-7-10-11(16-3)5-6-17-12(10)8-13(14)21-4;1-14(2)8-19-12-7-11-9(6-13(12)20(14,17)18)10(15-3)4-5-16-11;/h5-8,18H,9H2,1-4H3,(H,16,17);4-7H,8H2,1-3H3,(H,15,16);1H4. The van der Waals surface area contributed by atoms with E-state index in [4.69, 9.17) is 9.47 Å². The van der Waals surface area contributed by atoms with Gasteiger partial charge in [0.1, 0.15) is 32.6 Å². The number of anilines is 2. The van der Waals surface area contributed by atoms with E-state index in [0.29, 0.717) is 22.2 Å². The Bertz CT molecular complexity index is 1870. The molecule has 43 heavy (non-hydrogen) atoms. The summed E-state index contributed by atoms with van der Waals surface area (Å²) in [5, 5.41) is 16.9. The van der Waals surface area contributed by atoms with Crippen LogP contribution >= 0.6 is 0 Å². The molecule has 0 fully saturated rings. The molecule has 0 radical (unpaired) electrons. The van der Waals surface area contributed by atoms with Gasteiger partial charge in [0.2, 0.25) is 0 Å². The summed E-state index contributed by atoms with van der Waals surface area (Å²) in [4.78, 5) is 8.80. The van der Waals surface area contributed by atoms with Gasteiger partial charge in [-0.15, -0.1) is 0 Å². The normalized spacial score (nSPS) is 15.3. The van der Waals surface area contributed by atoms with Crippen LogP contribution in [0.25, 0.3) is 21.8 Å². The van der Waals surface area contributed by atoms with E-state index in [1.165, 1.54) is 21.0 Å². The zero-order valence-electron chi connectivity index (χ0n) is 24.6. The van der Waals surface area contributed by atoms with Crippen LogP contribution in [0.4, 0.5) is 11.4 Å². The van der Waals surface area contributed by atoms with E-state index >= 15 is 0 Å². The number of hydrogen-bond acceptors (Lipinski definition) is 11. The van der Waals surface area contributed by atoms with Gasteiger partial charge in [0, 0.05) is 60.8 Å². The van der Waals surface area contributed by atoms with Gasteiger partial charge in [0.25, 0.3) is 0 Å². The highest BCUT2D eigenvalue weighted by Gasteiger charge is 2.42. The van der Waals surface area contributed by atoms with E-state index < -0.39 is 35.8 Å². The van der Waals surface area contributed by atoms with Gasteiger partial charge in [-0.25, -0.2) is 16.8 Å². The number of pyridine rings is 2. The third-order valence-corrected chi connectivity index (χ3v) is 12.3. The first kappa shape index (κ1) is 33.8. The van der Waals surface area contributed by atoms with Crippen molar-refractivity contribution in [3.63, 3.8) is 0 Å². The van der Waals surface area contributed by atoms with Crippen molar-refractivity contribution in [2.75, 3.05) is 45.1 Å². The van der Waals surface area contributed by atoms with E-state index in [0.717, 1.165) is 16.8 Å². The van der Waals surface area contributed by atoms with Crippen LogP contribution in [0.15, 0.2) is 58.6 Å². The Balaban J connectivity index is 0.000000231. The number of aliphatic hydroxyl groups is 1. The monoisotopic (exact) mass is 632 g/mol. The van der Waals surface area contributed by atoms with E-state index in [-0.39, 0.29) is 29.6 Å². The molecule has 0 atom stereocenters. The quantitative estimate of drug-likeness (QED) is 0.271. The van der Waals surface area contributed by atoms with Crippen LogP contribution in [-0.2, 0) is 19.7 Å². The van der Waals surface area contributed by atoms with Gasteiger partial charge in [-0.2, -0.15) is 0 Å². The lowest BCUT2D eigenvalue weighted by atomic mass is 10.1. The molecule has 2 aromatic carbocycles. The van der Waals surface area contributed by atoms with E-state index in [1.807, 2.05) is 6.07 Å². The second-order valence-corrected chi connectivity index (χ2v) is 16.1. The van der Waals surface area contributed by atoms with Crippen LogP contribution in [0.5, 0.6) is 11.5 Å². The number of aliphatic hydroxyl groups excluding tert-OH is 1. The molecular weight excluding hydrogens is 592 g/mol. The molecule has 0 spiro atoms. The number of hydrogen-bond donors (Lipinski definition) is 3. The van der Waals surface area contributed by atoms with Gasteiger partial charge in [-0.3, -0.25) is 9.97 Å². The number of nitrogens with zero attached hydrogens (tertiary/aromatic N) is 2. The highest BCUT2D eigenvalue weighted by Crippen LogP contribution is 2.41. The smallest absolute Gasteiger partial charge is 0.190 e. The van der Waals surface area contributed by atoms with Crippen molar-refractivity contribution >= 4 is 52.9 Å². The van der Waals surface area contributed by atoms with Gasteiger partial charge in [-0.1, -0.05) is 7.43 Å². The molecule has 4 aromatic rings. The third-order valence-electron chi connectivity index (χ3n) is 7.36. The minimum absolute atomic E-state index is 0. The van der Waals surface area contributed by atoms with Gasteiger partial charge in [0.15, 0.2) is 19.7 Å². The van der Waals surface area contributed by atoms with Crippen molar-refractivity contribution in [3.05, 3.63) is 48.8 Å². The molecule has 2 aromatic heterocycles. The molecule has 1 aliphatic heterocycles. The van der Waals surface area contributed by atoms with Crippen molar-refractivity contribution in [1.29, 1.82) is 0 Å². The third kappa shape index (κ3) is 5.80. The molecule has 0 saturated carbocycles. The molecule has 0 amide bonds. The van der Waals surface area contributed by atoms with E-state index in [1.54, 1.807) is 70.7 Å². The van der Waals surface area contributed by atoms with Crippen LogP contribution < -0.4 is 20.1 Å². The summed E-state index contributed by atoms with van der Waals surface area (Å²) < 4.78 is 59.6. The predicted molar refractivity (Wildman–Crippen MR) is 171 cm³/mol. The highest BCUT2D eigenvalue weighted by molar-refractivity contribution is 7.93. The lowest BCUT2D eigenvalue weighted by molar-refractivity contribution is 0.258. The zero-order chi connectivity index (χ0) is 31.1. The molecule has 0 aliphatic carbocycles. The molecule has 5 rings (SSSR count). The number of fused-ring (bicyclic) bond motifs is 3. The Morgan fingerprint density at radius 1 is 1.00 bits per heavy atom. The van der Waals surface area contributed by atoms with Crippen LogP contribution in [-0.4, -0.2) is 75.8 Å². The van der Waals surface area contributed by atoms with Crippen molar-refractivity contribution in [2.24, 2.45) is 0 Å². The first-order valence-electron chi connectivity index (χ1n) is 13.1. The molecule has 11 nitrogen and oxygen atoms in total. The van der Waals surface area contributed by atoms with Crippen LogP contribution in [0.1, 0.15) is 35.1 Å². The number of benzene rings is 2. The number of sulfone groups is 2. The molecule has 0 bridgehead atoms. The van der Waals surface area contributed by atoms with Gasteiger partial charge in [0.05, 0.1) is 29.5 Å². The Hall–Kier alpha value is -3.68. The topological polar surface area (TPSA) is 157 Å². The fourth-order valence-corrected chi connectivity index (χ4v) is 7.36. The number of aromatic nitrogens is 2. The first-order valence-corrected chi connectivity index (χ1v) is 16.1. The Labute approximate surface area is 253 Å². The molecule has 3 heterocycles. The van der Waals surface area contributed by atoms with Gasteiger partial charge in [-0.05, 0) is 52.0 Å². The highest BCUT2D eigenvalue weighted by atomic mass is 32.2. The summed E-state index contributed by atoms with van der Waals surface area (Å²) in [7, 11) is -2.24. The Kier molecular flexibility index (Phi) is 9.54. The minimum atomic E-state index is -3.78. The Morgan fingerprint density at radius 3 is 2.05 bits per heavy atom. The van der Waals surface area contributed by atoms with E-state index in [2.05, 4.69) is 20.6 Å². The van der Waals surface area contributed by atoms with Crippen molar-refractivity contribution in [3.8, 4) is 11.5 Å². The van der Waals surface area contributed by atoms with Crippen LogP contribution in [0, 0.1) is 0 Å². The summed E-state index contributed by atoms with van der Waals surface area (Å²) in [6.07, 6.45) is 3.32. The minimum Gasteiger partial charge on any atom is -0.495 e. The summed E-state index contributed by atoms with van der Waals surface area (Å²) in [5.74, 6) is 0.604. The maximum Gasteiger partial charge on any atom is 0.190 e. The summed E-state index contributed by atoms with van der Waals surface area (Å²) >= 11 is 0. The molecule has 3 N–H and O–H groups in total. The number of rotatable bonds is 6. The summed E-state index contributed by atoms with van der Waals surface area (Å²) in [6, 6.07) is 10.1. The molecular formula is C30H40N4O7S2. The van der Waals surface area contributed by atoms with E-state index in [9.17, 15) is 21.9 Å². The lowest BCUT2D eigenvalue weighted by Gasteiger charge is -2.31. The van der Waals surface area contributed by atoms with Crippen molar-refractivity contribution < 1.29 is 31.4 Å². The zero-order valence-corrected chi connectivity index (χ0v) is 26.3. The first-order chi connectivity index (χ1) is 19.6. The SMILES string of the molecule is C.CNc1ccnc2cc(OC)c(S(=O)(=O)C(C)(C)CO)cc12.CNc1ccnc2cc3c(cc12)S(=O)(=O)C(C)(C)CO3. The van der Waals surface area contributed by atoms with Crippen molar-refractivity contribution in [2.45, 2.75) is 54.4 Å². The maximum absolute atomic E-state index is 12.8. The second kappa shape index (κ2) is 12.1. The molecule has 13 heteroatoms. The maximum atomic E-state index is 12.8. The second-order valence-electron chi connectivity index (χ2n) is 11.0. The average Bonchev–Trinajstić information content (AvgIpc) is 2.97. The molecule has 1 aliphatic rings. The molecule has 0 unspecified atom stereocenters. The largest absolute Gasteiger partial charge is 0.495 e. The number of nitrogens with one attached hydrogen (secondary N) is 2.